The summed E-state index contributed by atoms with van der Waals surface area (Å²) in [5, 5.41) is 0. The van der Waals surface area contributed by atoms with Crippen molar-refractivity contribution in [2.45, 2.75) is 13.3 Å². The average molecular weight is 337 g/mol. The van der Waals surface area contributed by atoms with Gasteiger partial charge in [0.05, 0.1) is 28.9 Å². The number of carbonyl (C=O) groups is 1. The van der Waals surface area contributed by atoms with Crippen molar-refractivity contribution in [3.63, 3.8) is 0 Å². The van der Waals surface area contributed by atoms with Crippen molar-refractivity contribution in [2.24, 2.45) is 0 Å². The summed E-state index contributed by atoms with van der Waals surface area (Å²) in [6.45, 7) is 1.90. The molecule has 0 aliphatic carbocycles. The Hall–Kier alpha value is -1.15. The Morgan fingerprint density at radius 2 is 2.28 bits per heavy atom. The second-order valence-electron chi connectivity index (χ2n) is 3.33. The van der Waals surface area contributed by atoms with Gasteiger partial charge >= 0.3 is 5.97 Å². The quantitative estimate of drug-likeness (QED) is 0.796. The van der Waals surface area contributed by atoms with Crippen molar-refractivity contribution in [3.05, 3.63) is 22.9 Å². The number of aromatic nitrogens is 1. The van der Waals surface area contributed by atoms with Crippen molar-refractivity contribution >= 4 is 37.6 Å². The van der Waals surface area contributed by atoms with E-state index in [-0.39, 0.29) is 18.8 Å². The summed E-state index contributed by atoms with van der Waals surface area (Å²) >= 11 is 3.17. The number of halogens is 1. The van der Waals surface area contributed by atoms with E-state index in [9.17, 15) is 13.2 Å². The normalized spacial score (nSPS) is 11.0. The van der Waals surface area contributed by atoms with Gasteiger partial charge in [0, 0.05) is 12.4 Å². The number of hydrogen-bond donors (Lipinski definition) is 1. The minimum Gasteiger partial charge on any atom is -0.466 e. The van der Waals surface area contributed by atoms with E-state index >= 15 is 0 Å². The fraction of sp³-hybridized carbons (Fsp3) is 0.400. The molecule has 6 nitrogen and oxygen atoms in total. The summed E-state index contributed by atoms with van der Waals surface area (Å²) in [5.74, 6) is -0.850. The lowest BCUT2D eigenvalue weighted by Gasteiger charge is -2.08. The van der Waals surface area contributed by atoms with E-state index in [2.05, 4.69) is 30.4 Å². The first kappa shape index (κ1) is 14.9. The highest BCUT2D eigenvalue weighted by Crippen LogP contribution is 2.21. The first-order valence-electron chi connectivity index (χ1n) is 5.20. The Morgan fingerprint density at radius 1 is 1.56 bits per heavy atom. The predicted octanol–water partition coefficient (Wildman–Crippen LogP) is 1.54. The summed E-state index contributed by atoms with van der Waals surface area (Å²) in [5.41, 5.74) is 0.383. The standard InChI is InChI=1S/C10H13BrN2O4S/c1-2-17-10(14)4-6-18(15,16)13-9-3-5-12-7-8(9)11/h3,5,7H,2,4,6H2,1H3,(H,12,13). The zero-order valence-electron chi connectivity index (χ0n) is 9.72. The maximum absolute atomic E-state index is 11.7. The molecule has 0 unspecified atom stereocenters. The van der Waals surface area contributed by atoms with Gasteiger partial charge in [-0.25, -0.2) is 8.42 Å². The Labute approximate surface area is 114 Å². The molecular formula is C10H13BrN2O4S. The van der Waals surface area contributed by atoms with Gasteiger partial charge in [0.1, 0.15) is 0 Å². The first-order chi connectivity index (χ1) is 8.44. The Kier molecular flexibility index (Phi) is 5.54. The molecule has 0 aliphatic rings. The third-order valence-electron chi connectivity index (χ3n) is 1.92. The topological polar surface area (TPSA) is 85.4 Å². The molecule has 18 heavy (non-hydrogen) atoms. The van der Waals surface area contributed by atoms with Crippen molar-refractivity contribution in [1.82, 2.24) is 4.98 Å². The molecule has 0 amide bonds. The Balaban J connectivity index is 2.60. The maximum Gasteiger partial charge on any atom is 0.306 e. The van der Waals surface area contributed by atoms with E-state index in [0.29, 0.717) is 10.2 Å². The van der Waals surface area contributed by atoms with Gasteiger partial charge in [0.15, 0.2) is 0 Å². The van der Waals surface area contributed by atoms with E-state index in [1.54, 1.807) is 6.92 Å². The number of nitrogens with zero attached hydrogens (tertiary/aromatic N) is 1. The Bertz CT molecular complexity index is 518. The molecule has 0 radical (unpaired) electrons. The van der Waals surface area contributed by atoms with E-state index < -0.39 is 16.0 Å². The summed E-state index contributed by atoms with van der Waals surface area (Å²) in [7, 11) is -3.58. The number of ether oxygens (including phenoxy) is 1. The molecule has 0 saturated heterocycles. The lowest BCUT2D eigenvalue weighted by molar-refractivity contribution is -0.142. The number of nitrogens with one attached hydrogen (secondary N) is 1. The highest BCUT2D eigenvalue weighted by molar-refractivity contribution is 9.10. The minimum atomic E-state index is -3.58. The second kappa shape index (κ2) is 6.69. The molecular weight excluding hydrogens is 324 g/mol. The van der Waals surface area contributed by atoms with Gasteiger partial charge in [-0.15, -0.1) is 0 Å². The van der Waals surface area contributed by atoms with Crippen LogP contribution in [0.2, 0.25) is 0 Å². The van der Waals surface area contributed by atoms with E-state index in [1.807, 2.05) is 0 Å². The monoisotopic (exact) mass is 336 g/mol. The van der Waals surface area contributed by atoms with Crippen LogP contribution in [-0.4, -0.2) is 31.7 Å². The lowest BCUT2D eigenvalue weighted by Crippen LogP contribution is -2.20. The maximum atomic E-state index is 11.7. The molecule has 0 saturated carbocycles. The first-order valence-corrected chi connectivity index (χ1v) is 7.65. The summed E-state index contributed by atoms with van der Waals surface area (Å²) in [4.78, 5) is 14.9. The van der Waals surface area contributed by atoms with Gasteiger partial charge in [0.25, 0.3) is 0 Å². The van der Waals surface area contributed by atoms with Crippen LogP contribution in [0.3, 0.4) is 0 Å². The van der Waals surface area contributed by atoms with Gasteiger partial charge in [-0.1, -0.05) is 0 Å². The van der Waals surface area contributed by atoms with Crippen LogP contribution in [0.15, 0.2) is 22.9 Å². The van der Waals surface area contributed by atoms with Crippen LogP contribution >= 0.6 is 15.9 Å². The molecule has 100 valence electrons. The molecule has 1 N–H and O–H groups in total. The highest BCUT2D eigenvalue weighted by Gasteiger charge is 2.15. The smallest absolute Gasteiger partial charge is 0.306 e. The number of pyridine rings is 1. The molecule has 8 heteroatoms. The zero-order chi connectivity index (χ0) is 13.6. The molecule has 0 bridgehead atoms. The largest absolute Gasteiger partial charge is 0.466 e. The summed E-state index contributed by atoms with van der Waals surface area (Å²) in [6, 6.07) is 1.52. The Morgan fingerprint density at radius 3 is 2.89 bits per heavy atom. The fourth-order valence-corrected chi connectivity index (χ4v) is 2.66. The lowest BCUT2D eigenvalue weighted by atomic mass is 10.4. The van der Waals surface area contributed by atoms with Gasteiger partial charge in [0.2, 0.25) is 10.0 Å². The van der Waals surface area contributed by atoms with Crippen LogP contribution in [0.25, 0.3) is 0 Å². The fourth-order valence-electron chi connectivity index (χ4n) is 1.13. The molecule has 1 rings (SSSR count). The molecule has 1 heterocycles. The van der Waals surface area contributed by atoms with Crippen LogP contribution in [0, 0.1) is 0 Å². The van der Waals surface area contributed by atoms with E-state index in [1.165, 1.54) is 18.5 Å². The molecule has 1 aromatic heterocycles. The van der Waals surface area contributed by atoms with Gasteiger partial charge in [-0.3, -0.25) is 14.5 Å². The third kappa shape index (κ3) is 5.01. The molecule has 0 aliphatic heterocycles. The molecule has 0 atom stereocenters. The highest BCUT2D eigenvalue weighted by atomic mass is 79.9. The van der Waals surface area contributed by atoms with Crippen LogP contribution in [0.1, 0.15) is 13.3 Å². The molecule has 0 fully saturated rings. The average Bonchev–Trinajstić information content (AvgIpc) is 2.30. The third-order valence-corrected chi connectivity index (χ3v) is 3.82. The van der Waals surface area contributed by atoms with Crippen LogP contribution in [0.5, 0.6) is 0 Å². The van der Waals surface area contributed by atoms with Crippen molar-refractivity contribution in [3.8, 4) is 0 Å². The number of anilines is 1. The predicted molar refractivity (Wildman–Crippen MR) is 70.6 cm³/mol. The second-order valence-corrected chi connectivity index (χ2v) is 6.03. The number of hydrogen-bond acceptors (Lipinski definition) is 5. The molecule has 1 aromatic rings. The van der Waals surface area contributed by atoms with Crippen molar-refractivity contribution in [1.29, 1.82) is 0 Å². The minimum absolute atomic E-state index is 0.175. The number of carbonyl (C=O) groups excluding carboxylic acids is 1. The zero-order valence-corrected chi connectivity index (χ0v) is 12.1. The van der Waals surface area contributed by atoms with Crippen LogP contribution in [0.4, 0.5) is 5.69 Å². The van der Waals surface area contributed by atoms with Gasteiger partial charge in [-0.05, 0) is 28.9 Å². The van der Waals surface area contributed by atoms with Crippen molar-refractivity contribution < 1.29 is 17.9 Å². The summed E-state index contributed by atoms with van der Waals surface area (Å²) < 4.78 is 31.0. The SMILES string of the molecule is CCOC(=O)CCS(=O)(=O)Nc1ccncc1Br. The summed E-state index contributed by atoms with van der Waals surface area (Å²) in [6.07, 6.45) is 2.77. The van der Waals surface area contributed by atoms with E-state index in [0.717, 1.165) is 0 Å². The molecule has 0 spiro atoms. The van der Waals surface area contributed by atoms with Crippen molar-refractivity contribution in [2.75, 3.05) is 17.1 Å². The van der Waals surface area contributed by atoms with Gasteiger partial charge < -0.3 is 4.74 Å². The number of sulfonamides is 1. The number of rotatable bonds is 6. The van der Waals surface area contributed by atoms with Crippen LogP contribution in [-0.2, 0) is 19.6 Å². The van der Waals surface area contributed by atoms with E-state index in [4.69, 9.17) is 0 Å². The molecule has 0 aromatic carbocycles. The van der Waals surface area contributed by atoms with Gasteiger partial charge in [-0.2, -0.15) is 0 Å². The van der Waals surface area contributed by atoms with Crippen LogP contribution < -0.4 is 4.72 Å². The number of esters is 1.